The fraction of sp³-hybridized carbons (Fsp3) is 0.412. The lowest BCUT2D eigenvalue weighted by atomic mass is 9.92. The van der Waals surface area contributed by atoms with Crippen molar-refractivity contribution in [2.45, 2.75) is 31.8 Å². The molecule has 124 valence electrons. The van der Waals surface area contributed by atoms with Crippen LogP contribution in [0.25, 0.3) is 0 Å². The Labute approximate surface area is 135 Å². The van der Waals surface area contributed by atoms with Crippen LogP contribution in [0.3, 0.4) is 0 Å². The molecule has 0 fully saturated rings. The molecule has 23 heavy (non-hydrogen) atoms. The third kappa shape index (κ3) is 5.83. The van der Waals surface area contributed by atoms with Crippen LogP contribution in [0.4, 0.5) is 0 Å². The van der Waals surface area contributed by atoms with Gasteiger partial charge in [-0.05, 0) is 38.1 Å². The quantitative estimate of drug-likeness (QED) is 0.543. The van der Waals surface area contributed by atoms with Crippen molar-refractivity contribution in [1.29, 1.82) is 0 Å². The highest BCUT2D eigenvalue weighted by Gasteiger charge is 2.32. The lowest BCUT2D eigenvalue weighted by Crippen LogP contribution is -2.59. The molecule has 5 N–H and O–H groups in total. The Morgan fingerprint density at radius 2 is 1.87 bits per heavy atom. The Balaban J connectivity index is 2.85. The second kappa shape index (κ2) is 8.44. The SMILES string of the molecule is CC(C)(N)[C@H](NC(=O)c1ccc(C#CCCO)cc1)C(=O)CO. The van der Waals surface area contributed by atoms with Gasteiger partial charge >= 0.3 is 0 Å². The Morgan fingerprint density at radius 1 is 1.26 bits per heavy atom. The van der Waals surface area contributed by atoms with Crippen LogP contribution in [-0.4, -0.2) is 46.7 Å². The number of nitrogens with two attached hydrogens (primary N) is 1. The molecule has 0 spiro atoms. The molecule has 0 aliphatic rings. The van der Waals surface area contributed by atoms with Gasteiger partial charge in [-0.3, -0.25) is 9.59 Å². The number of aliphatic hydroxyl groups is 2. The summed E-state index contributed by atoms with van der Waals surface area (Å²) in [4.78, 5) is 24.0. The molecular formula is C17H22N2O4. The Hall–Kier alpha value is -2.20. The highest BCUT2D eigenvalue weighted by molar-refractivity contribution is 5.98. The maximum absolute atomic E-state index is 12.2. The molecule has 6 nitrogen and oxygen atoms in total. The van der Waals surface area contributed by atoms with Gasteiger partial charge in [0.15, 0.2) is 5.78 Å². The van der Waals surface area contributed by atoms with E-state index < -0.39 is 29.9 Å². The van der Waals surface area contributed by atoms with Crippen LogP contribution in [0, 0.1) is 11.8 Å². The summed E-state index contributed by atoms with van der Waals surface area (Å²) in [6.07, 6.45) is 0.388. The topological polar surface area (TPSA) is 113 Å². The largest absolute Gasteiger partial charge is 0.395 e. The molecule has 0 aliphatic carbocycles. The first-order valence-electron chi connectivity index (χ1n) is 7.22. The van der Waals surface area contributed by atoms with Gasteiger partial charge < -0.3 is 21.3 Å². The summed E-state index contributed by atoms with van der Waals surface area (Å²) in [5.41, 5.74) is 5.97. The second-order valence-corrected chi connectivity index (χ2v) is 5.71. The van der Waals surface area contributed by atoms with Gasteiger partial charge in [0.05, 0.1) is 6.61 Å². The zero-order valence-corrected chi connectivity index (χ0v) is 13.3. The third-order valence-corrected chi connectivity index (χ3v) is 3.11. The third-order valence-electron chi connectivity index (χ3n) is 3.11. The van der Waals surface area contributed by atoms with E-state index in [-0.39, 0.29) is 6.61 Å². The maximum atomic E-state index is 12.2. The number of rotatable bonds is 6. The monoisotopic (exact) mass is 318 g/mol. The van der Waals surface area contributed by atoms with Crippen LogP contribution in [0.2, 0.25) is 0 Å². The molecule has 0 radical (unpaired) electrons. The van der Waals surface area contributed by atoms with E-state index in [0.717, 1.165) is 5.56 Å². The first-order valence-corrected chi connectivity index (χ1v) is 7.22. The zero-order valence-electron chi connectivity index (χ0n) is 13.3. The molecular weight excluding hydrogens is 296 g/mol. The number of carbonyl (C=O) groups is 2. The van der Waals surface area contributed by atoms with Crippen molar-refractivity contribution in [1.82, 2.24) is 5.32 Å². The van der Waals surface area contributed by atoms with E-state index in [2.05, 4.69) is 17.2 Å². The van der Waals surface area contributed by atoms with E-state index in [1.54, 1.807) is 38.1 Å². The van der Waals surface area contributed by atoms with Gasteiger partial charge in [0.25, 0.3) is 5.91 Å². The molecule has 6 heteroatoms. The predicted molar refractivity (Wildman–Crippen MR) is 86.6 cm³/mol. The minimum absolute atomic E-state index is 0.00262. The fourth-order valence-corrected chi connectivity index (χ4v) is 1.91. The number of hydrogen-bond acceptors (Lipinski definition) is 5. The van der Waals surface area contributed by atoms with Gasteiger partial charge in [-0.15, -0.1) is 0 Å². The minimum Gasteiger partial charge on any atom is -0.395 e. The molecule has 1 aromatic carbocycles. The van der Waals surface area contributed by atoms with Crippen molar-refractivity contribution < 1.29 is 19.8 Å². The molecule has 1 aromatic rings. The van der Waals surface area contributed by atoms with E-state index in [1.165, 1.54) is 0 Å². The van der Waals surface area contributed by atoms with Gasteiger partial charge in [0, 0.05) is 23.1 Å². The first-order chi connectivity index (χ1) is 10.8. The Kier molecular flexibility index (Phi) is 6.91. The standard InChI is InChI=1S/C17H22N2O4/c1-17(2,18)15(14(22)11-21)19-16(23)13-8-6-12(7-9-13)5-3-4-10-20/h6-9,15,20-21H,4,10-11,18H2,1-2H3,(H,19,23)/t15-/m1/s1. The first kappa shape index (κ1) is 18.8. The lowest BCUT2D eigenvalue weighted by molar-refractivity contribution is -0.124. The van der Waals surface area contributed by atoms with Crippen LogP contribution in [-0.2, 0) is 4.79 Å². The van der Waals surface area contributed by atoms with Gasteiger partial charge in [-0.2, -0.15) is 0 Å². The number of benzene rings is 1. The van der Waals surface area contributed by atoms with Gasteiger partial charge in [-0.1, -0.05) is 11.8 Å². The summed E-state index contributed by atoms with van der Waals surface area (Å²) in [6.45, 7) is 2.52. The average molecular weight is 318 g/mol. The summed E-state index contributed by atoms with van der Waals surface area (Å²) in [5.74, 6) is 4.64. The maximum Gasteiger partial charge on any atom is 0.251 e. The molecule has 0 heterocycles. The van der Waals surface area contributed by atoms with Gasteiger partial charge in [0.1, 0.15) is 12.6 Å². The number of hydrogen-bond donors (Lipinski definition) is 4. The van der Waals surface area contributed by atoms with E-state index in [4.69, 9.17) is 15.9 Å². The smallest absolute Gasteiger partial charge is 0.251 e. The van der Waals surface area contributed by atoms with Crippen molar-refractivity contribution in [3.8, 4) is 11.8 Å². The molecule has 0 aliphatic heterocycles. The van der Waals surface area contributed by atoms with Crippen molar-refractivity contribution in [3.63, 3.8) is 0 Å². The molecule has 1 atom stereocenters. The second-order valence-electron chi connectivity index (χ2n) is 5.71. The van der Waals surface area contributed by atoms with E-state index in [1.807, 2.05) is 0 Å². The Bertz CT molecular complexity index is 606. The summed E-state index contributed by atoms with van der Waals surface area (Å²) in [7, 11) is 0. The average Bonchev–Trinajstić information content (AvgIpc) is 2.51. The van der Waals surface area contributed by atoms with Gasteiger partial charge in [-0.25, -0.2) is 0 Å². The van der Waals surface area contributed by atoms with E-state index >= 15 is 0 Å². The summed E-state index contributed by atoms with van der Waals surface area (Å²) in [6, 6.07) is 5.54. The van der Waals surface area contributed by atoms with Crippen LogP contribution in [0.1, 0.15) is 36.2 Å². The van der Waals surface area contributed by atoms with Crippen molar-refractivity contribution in [3.05, 3.63) is 35.4 Å². The Morgan fingerprint density at radius 3 is 2.35 bits per heavy atom. The molecule has 0 unspecified atom stereocenters. The highest BCUT2D eigenvalue weighted by atomic mass is 16.3. The molecule has 0 bridgehead atoms. The summed E-state index contributed by atoms with van der Waals surface area (Å²) >= 11 is 0. The fourth-order valence-electron chi connectivity index (χ4n) is 1.91. The summed E-state index contributed by atoms with van der Waals surface area (Å²) < 4.78 is 0. The van der Waals surface area contributed by atoms with Crippen LogP contribution < -0.4 is 11.1 Å². The molecule has 0 saturated carbocycles. The number of ketones is 1. The lowest BCUT2D eigenvalue weighted by Gasteiger charge is -2.29. The van der Waals surface area contributed by atoms with E-state index in [0.29, 0.717) is 12.0 Å². The predicted octanol–water partition coefficient (Wildman–Crippen LogP) is -0.182. The van der Waals surface area contributed by atoms with Crippen molar-refractivity contribution in [2.75, 3.05) is 13.2 Å². The highest BCUT2D eigenvalue weighted by Crippen LogP contribution is 2.09. The number of carbonyl (C=O) groups excluding carboxylic acids is 2. The number of Topliss-reactive ketones (excluding diaryl/α,β-unsaturated/α-hetero) is 1. The number of amides is 1. The molecule has 0 saturated heterocycles. The zero-order chi connectivity index (χ0) is 17.5. The van der Waals surface area contributed by atoms with Crippen molar-refractivity contribution in [2.24, 2.45) is 5.73 Å². The molecule has 1 rings (SSSR count). The van der Waals surface area contributed by atoms with Crippen LogP contribution in [0.5, 0.6) is 0 Å². The molecule has 0 aromatic heterocycles. The van der Waals surface area contributed by atoms with Gasteiger partial charge in [0.2, 0.25) is 0 Å². The van der Waals surface area contributed by atoms with Crippen molar-refractivity contribution >= 4 is 11.7 Å². The van der Waals surface area contributed by atoms with Crippen LogP contribution >= 0.6 is 0 Å². The minimum atomic E-state index is -0.995. The number of nitrogens with one attached hydrogen (secondary N) is 1. The molecule has 1 amide bonds. The summed E-state index contributed by atoms with van der Waals surface area (Å²) in [5, 5.41) is 20.2. The number of aliphatic hydroxyl groups excluding tert-OH is 2. The van der Waals surface area contributed by atoms with Crippen LogP contribution in [0.15, 0.2) is 24.3 Å². The normalized spacial score (nSPS) is 12.0. The van der Waals surface area contributed by atoms with E-state index in [9.17, 15) is 9.59 Å².